The first-order chi connectivity index (χ1) is 15.4. The zero-order valence-corrected chi connectivity index (χ0v) is 18.6. The van der Waals surface area contributed by atoms with Crippen molar-refractivity contribution in [1.29, 1.82) is 0 Å². The van der Waals surface area contributed by atoms with Gasteiger partial charge in [0.15, 0.2) is 0 Å². The number of hydrogen-bond donors (Lipinski definition) is 1. The molecule has 6 nitrogen and oxygen atoms in total. The molecule has 2 amide bonds. The fourth-order valence-electron chi connectivity index (χ4n) is 4.88. The van der Waals surface area contributed by atoms with Crippen LogP contribution < -0.4 is 5.32 Å². The van der Waals surface area contributed by atoms with Gasteiger partial charge in [-0.05, 0) is 55.3 Å². The van der Waals surface area contributed by atoms with Crippen LogP contribution in [0.5, 0.6) is 0 Å². The van der Waals surface area contributed by atoms with E-state index in [1.807, 2.05) is 36.2 Å². The quantitative estimate of drug-likeness (QED) is 0.796. The number of hydrogen-bond acceptors (Lipinski definition) is 4. The predicted octanol–water partition coefficient (Wildman–Crippen LogP) is 2.75. The summed E-state index contributed by atoms with van der Waals surface area (Å²) < 4.78 is 19.6. The molecule has 0 aliphatic carbocycles. The van der Waals surface area contributed by atoms with Crippen LogP contribution in [0.15, 0.2) is 48.5 Å². The van der Waals surface area contributed by atoms with Crippen molar-refractivity contribution in [2.24, 2.45) is 0 Å². The monoisotopic (exact) mass is 439 g/mol. The lowest BCUT2D eigenvalue weighted by Crippen LogP contribution is -2.56. The number of nitrogens with one attached hydrogen (secondary N) is 1. The molecule has 0 aromatic heterocycles. The van der Waals surface area contributed by atoms with Crippen LogP contribution in [0.25, 0.3) is 0 Å². The van der Waals surface area contributed by atoms with Crippen LogP contribution in [-0.2, 0) is 14.9 Å². The van der Waals surface area contributed by atoms with Gasteiger partial charge in [-0.2, -0.15) is 0 Å². The Morgan fingerprint density at radius 2 is 1.84 bits per heavy atom. The highest BCUT2D eigenvalue weighted by Gasteiger charge is 2.45. The molecule has 2 aliphatic heterocycles. The van der Waals surface area contributed by atoms with E-state index in [0.29, 0.717) is 44.7 Å². The Bertz CT molecular complexity index is 990. The van der Waals surface area contributed by atoms with Gasteiger partial charge in [0.1, 0.15) is 5.82 Å². The number of halogens is 1. The minimum atomic E-state index is -0.773. The fourth-order valence-corrected chi connectivity index (χ4v) is 4.88. The Hall–Kier alpha value is -2.77. The second-order valence-electron chi connectivity index (χ2n) is 8.66. The van der Waals surface area contributed by atoms with Gasteiger partial charge in [0.25, 0.3) is 5.91 Å². The number of benzene rings is 2. The van der Waals surface area contributed by atoms with Crippen LogP contribution in [0, 0.1) is 5.82 Å². The maximum atomic E-state index is 14.1. The number of carbonyl (C=O) groups excluding carboxylic acids is 2. The number of rotatable bonds is 4. The Kier molecular flexibility index (Phi) is 6.58. The van der Waals surface area contributed by atoms with Crippen molar-refractivity contribution in [3.8, 4) is 0 Å². The highest BCUT2D eigenvalue weighted by molar-refractivity contribution is 5.94. The number of ether oxygens (including phenoxy) is 1. The minimum Gasteiger partial charge on any atom is -0.381 e. The fraction of sp³-hybridized carbons (Fsp3) is 0.440. The van der Waals surface area contributed by atoms with Gasteiger partial charge in [0.05, 0.1) is 11.5 Å². The molecule has 0 saturated carbocycles. The third kappa shape index (κ3) is 4.27. The number of likely N-dealkylation sites (N-methyl/N-ethyl adjacent to an activating group) is 1. The van der Waals surface area contributed by atoms with E-state index in [4.69, 9.17) is 4.74 Å². The van der Waals surface area contributed by atoms with E-state index in [1.165, 1.54) is 12.1 Å². The molecule has 32 heavy (non-hydrogen) atoms. The highest BCUT2D eigenvalue weighted by atomic mass is 19.1. The van der Waals surface area contributed by atoms with Crippen LogP contribution >= 0.6 is 0 Å². The second-order valence-corrected chi connectivity index (χ2v) is 8.66. The molecular weight excluding hydrogens is 409 g/mol. The molecule has 2 fully saturated rings. The van der Waals surface area contributed by atoms with Gasteiger partial charge in [-0.15, -0.1) is 0 Å². The first kappa shape index (κ1) is 22.4. The van der Waals surface area contributed by atoms with Crippen LogP contribution in [0.1, 0.15) is 40.4 Å². The molecule has 0 unspecified atom stereocenters. The van der Waals surface area contributed by atoms with Gasteiger partial charge in [0.2, 0.25) is 5.91 Å². The molecule has 1 N–H and O–H groups in total. The maximum absolute atomic E-state index is 14.1. The van der Waals surface area contributed by atoms with Crippen molar-refractivity contribution in [2.45, 2.75) is 24.3 Å². The summed E-state index contributed by atoms with van der Waals surface area (Å²) >= 11 is 0. The van der Waals surface area contributed by atoms with Crippen molar-refractivity contribution in [3.05, 3.63) is 71.0 Å². The average Bonchev–Trinajstić information content (AvgIpc) is 2.84. The van der Waals surface area contributed by atoms with E-state index in [1.54, 1.807) is 19.2 Å². The van der Waals surface area contributed by atoms with E-state index in [9.17, 15) is 14.0 Å². The van der Waals surface area contributed by atoms with E-state index in [2.05, 4.69) is 10.2 Å². The van der Waals surface area contributed by atoms with Crippen molar-refractivity contribution in [3.63, 3.8) is 0 Å². The van der Waals surface area contributed by atoms with Crippen molar-refractivity contribution in [1.82, 2.24) is 15.1 Å². The predicted molar refractivity (Wildman–Crippen MR) is 120 cm³/mol. The summed E-state index contributed by atoms with van der Waals surface area (Å²) in [6.07, 6.45) is 1.08. The van der Waals surface area contributed by atoms with Gasteiger partial charge < -0.3 is 15.0 Å². The molecule has 0 radical (unpaired) electrons. The molecule has 7 heteroatoms. The molecule has 2 aromatic carbocycles. The molecule has 2 aromatic rings. The van der Waals surface area contributed by atoms with Gasteiger partial charge in [-0.1, -0.05) is 24.3 Å². The number of carbonyl (C=O) groups is 2. The van der Waals surface area contributed by atoms with Gasteiger partial charge in [-0.25, -0.2) is 4.39 Å². The summed E-state index contributed by atoms with van der Waals surface area (Å²) in [5.74, 6) is -0.430. The van der Waals surface area contributed by atoms with E-state index >= 15 is 0 Å². The summed E-state index contributed by atoms with van der Waals surface area (Å²) in [6.45, 7) is 2.81. The largest absolute Gasteiger partial charge is 0.381 e. The number of amides is 2. The maximum Gasteiger partial charge on any atom is 0.251 e. The molecular formula is C25H30FN3O3. The third-order valence-corrected chi connectivity index (χ3v) is 6.83. The SMILES string of the molecule is CNC(=O)c1cccc([C@@H]2CN(C(=O)C3(c4cccc(F)c4)CCOCC3)CCN2C)c1. The van der Waals surface area contributed by atoms with Crippen molar-refractivity contribution >= 4 is 11.8 Å². The molecule has 0 spiro atoms. The summed E-state index contributed by atoms with van der Waals surface area (Å²) in [7, 11) is 3.65. The molecule has 170 valence electrons. The first-order valence-corrected chi connectivity index (χ1v) is 11.1. The zero-order chi connectivity index (χ0) is 22.7. The lowest BCUT2D eigenvalue weighted by atomic mass is 9.72. The second kappa shape index (κ2) is 9.38. The van der Waals surface area contributed by atoms with E-state index in [0.717, 1.165) is 17.7 Å². The number of piperazine rings is 1. The minimum absolute atomic E-state index is 0.0262. The molecule has 0 bridgehead atoms. The van der Waals surface area contributed by atoms with Gasteiger partial charge in [-0.3, -0.25) is 14.5 Å². The number of nitrogens with zero attached hydrogens (tertiary/aromatic N) is 2. The van der Waals surface area contributed by atoms with E-state index in [-0.39, 0.29) is 23.7 Å². The van der Waals surface area contributed by atoms with Crippen LogP contribution in [-0.4, -0.2) is 68.6 Å². The Balaban J connectivity index is 1.63. The van der Waals surface area contributed by atoms with Crippen molar-refractivity contribution < 1.29 is 18.7 Å². The molecule has 4 rings (SSSR count). The van der Waals surface area contributed by atoms with Crippen LogP contribution in [0.2, 0.25) is 0 Å². The molecule has 2 heterocycles. The molecule has 2 saturated heterocycles. The summed E-state index contributed by atoms with van der Waals surface area (Å²) in [5.41, 5.74) is 1.55. The van der Waals surface area contributed by atoms with Crippen LogP contribution in [0.3, 0.4) is 0 Å². The lowest BCUT2D eigenvalue weighted by Gasteiger charge is -2.45. The Labute approximate surface area is 188 Å². The zero-order valence-electron chi connectivity index (χ0n) is 18.6. The Morgan fingerprint density at radius 1 is 1.09 bits per heavy atom. The highest BCUT2D eigenvalue weighted by Crippen LogP contribution is 2.38. The summed E-state index contributed by atoms with van der Waals surface area (Å²) in [5, 5.41) is 2.66. The molecule has 2 aliphatic rings. The molecule has 1 atom stereocenters. The van der Waals surface area contributed by atoms with Crippen LogP contribution in [0.4, 0.5) is 4.39 Å². The Morgan fingerprint density at radius 3 is 2.56 bits per heavy atom. The topological polar surface area (TPSA) is 61.9 Å². The lowest BCUT2D eigenvalue weighted by molar-refractivity contribution is -0.144. The van der Waals surface area contributed by atoms with E-state index < -0.39 is 5.41 Å². The first-order valence-electron chi connectivity index (χ1n) is 11.1. The smallest absolute Gasteiger partial charge is 0.251 e. The third-order valence-electron chi connectivity index (χ3n) is 6.83. The van der Waals surface area contributed by atoms with Crippen molar-refractivity contribution in [2.75, 3.05) is 46.9 Å². The van der Waals surface area contributed by atoms with Gasteiger partial charge >= 0.3 is 0 Å². The average molecular weight is 440 g/mol. The summed E-state index contributed by atoms with van der Waals surface area (Å²) in [4.78, 5) is 30.2. The normalized spacial score (nSPS) is 21.2. The summed E-state index contributed by atoms with van der Waals surface area (Å²) in [6, 6.07) is 14.0. The van der Waals surface area contributed by atoms with Gasteiger partial charge in [0, 0.05) is 45.5 Å². The standard InChI is InChI=1S/C25H30FN3O3/c1-27-23(30)19-6-3-5-18(15-19)22-17-29(12-11-28(22)2)24(31)25(9-13-32-14-10-25)20-7-4-8-21(26)16-20/h3-8,15-16,22H,9-14,17H2,1-2H3,(H,27,30)/t22-/m0/s1.